The number of carbonyl (C=O) groups is 1. The molecule has 1 aliphatic rings. The molecule has 31 heavy (non-hydrogen) atoms. The van der Waals surface area contributed by atoms with Crippen LogP contribution in [-0.2, 0) is 0 Å². The second kappa shape index (κ2) is 9.65. The van der Waals surface area contributed by atoms with Gasteiger partial charge < -0.3 is 14.7 Å². The summed E-state index contributed by atoms with van der Waals surface area (Å²) in [6.45, 7) is 8.89. The van der Waals surface area contributed by atoms with Crippen LogP contribution in [0, 0.1) is 6.92 Å². The third kappa shape index (κ3) is 5.24. The standard InChI is InChI=1S/C22H27N7O2/c1-16-5-3-6-19(11-16)29-10-9-28(17(2)14-29)8-4-7-25-21(30)22-26-20(27-31-22)18-12-23-15-24-13-18/h3,5-6,11-13,15,17H,4,7-10,14H2,1-2H3,(H,25,30). The Labute approximate surface area is 181 Å². The minimum atomic E-state index is -0.368. The average Bonchev–Trinajstić information content (AvgIpc) is 3.28. The van der Waals surface area contributed by atoms with Crippen molar-refractivity contribution in [3.8, 4) is 11.4 Å². The van der Waals surface area contributed by atoms with Crippen molar-refractivity contribution in [2.75, 3.05) is 37.6 Å². The van der Waals surface area contributed by atoms with E-state index in [2.05, 4.69) is 73.3 Å². The number of carbonyl (C=O) groups excluding carboxylic acids is 1. The molecule has 162 valence electrons. The first-order valence-corrected chi connectivity index (χ1v) is 10.5. The number of hydrogen-bond acceptors (Lipinski definition) is 8. The van der Waals surface area contributed by atoms with Crippen LogP contribution in [0.15, 0.2) is 47.5 Å². The van der Waals surface area contributed by atoms with Gasteiger partial charge in [-0.2, -0.15) is 4.98 Å². The minimum Gasteiger partial charge on any atom is -0.369 e. The SMILES string of the molecule is Cc1cccc(N2CCN(CCCNC(=O)c3nc(-c4cncnc4)no3)C(C)C2)c1. The molecule has 0 aliphatic carbocycles. The normalized spacial score (nSPS) is 17.0. The first-order valence-electron chi connectivity index (χ1n) is 10.5. The number of hydrogen-bond donors (Lipinski definition) is 1. The third-order valence-electron chi connectivity index (χ3n) is 5.48. The molecule has 1 fully saturated rings. The van der Waals surface area contributed by atoms with Gasteiger partial charge in [0.25, 0.3) is 0 Å². The van der Waals surface area contributed by atoms with E-state index in [4.69, 9.17) is 4.52 Å². The molecule has 0 saturated carbocycles. The van der Waals surface area contributed by atoms with Crippen molar-refractivity contribution in [3.63, 3.8) is 0 Å². The smallest absolute Gasteiger partial charge is 0.316 e. The summed E-state index contributed by atoms with van der Waals surface area (Å²) < 4.78 is 5.06. The molecule has 4 rings (SSSR count). The maximum absolute atomic E-state index is 12.3. The second-order valence-corrected chi connectivity index (χ2v) is 7.83. The van der Waals surface area contributed by atoms with Gasteiger partial charge in [0.15, 0.2) is 0 Å². The molecule has 1 saturated heterocycles. The van der Waals surface area contributed by atoms with Crippen LogP contribution in [0.3, 0.4) is 0 Å². The Morgan fingerprint density at radius 2 is 2.10 bits per heavy atom. The zero-order chi connectivity index (χ0) is 21.6. The van der Waals surface area contributed by atoms with Crippen molar-refractivity contribution in [3.05, 3.63) is 54.4 Å². The number of piperazine rings is 1. The number of amides is 1. The fourth-order valence-corrected chi connectivity index (χ4v) is 3.79. The predicted octanol–water partition coefficient (Wildman–Crippen LogP) is 2.17. The summed E-state index contributed by atoms with van der Waals surface area (Å²) >= 11 is 0. The first kappa shape index (κ1) is 20.9. The summed E-state index contributed by atoms with van der Waals surface area (Å²) in [6.07, 6.45) is 5.41. The molecule has 1 amide bonds. The van der Waals surface area contributed by atoms with Gasteiger partial charge in [0.1, 0.15) is 6.33 Å². The van der Waals surface area contributed by atoms with Gasteiger partial charge in [-0.25, -0.2) is 9.97 Å². The predicted molar refractivity (Wildman–Crippen MR) is 117 cm³/mol. The van der Waals surface area contributed by atoms with Gasteiger partial charge in [0, 0.05) is 56.8 Å². The molecule has 3 aromatic rings. The van der Waals surface area contributed by atoms with E-state index in [0.29, 0.717) is 24.0 Å². The summed E-state index contributed by atoms with van der Waals surface area (Å²) in [5.74, 6) is -0.127. The number of benzene rings is 1. The Bertz CT molecular complexity index is 1010. The number of aryl methyl sites for hydroxylation is 1. The topological polar surface area (TPSA) is 100 Å². The van der Waals surface area contributed by atoms with Gasteiger partial charge in [0.05, 0.1) is 5.56 Å². The van der Waals surface area contributed by atoms with Gasteiger partial charge in [-0.1, -0.05) is 17.3 Å². The summed E-state index contributed by atoms with van der Waals surface area (Å²) in [5, 5.41) is 6.67. The fourth-order valence-electron chi connectivity index (χ4n) is 3.79. The van der Waals surface area contributed by atoms with Crippen LogP contribution in [0.4, 0.5) is 5.69 Å². The number of nitrogens with one attached hydrogen (secondary N) is 1. The lowest BCUT2D eigenvalue weighted by molar-refractivity contribution is 0.0906. The molecule has 2 aromatic heterocycles. The monoisotopic (exact) mass is 421 g/mol. The summed E-state index contributed by atoms with van der Waals surface area (Å²) in [5.41, 5.74) is 3.18. The zero-order valence-electron chi connectivity index (χ0n) is 17.9. The molecule has 9 heteroatoms. The fraction of sp³-hybridized carbons (Fsp3) is 0.409. The average molecular weight is 422 g/mol. The first-order chi connectivity index (χ1) is 15.1. The Morgan fingerprint density at radius 1 is 1.26 bits per heavy atom. The Morgan fingerprint density at radius 3 is 2.87 bits per heavy atom. The van der Waals surface area contributed by atoms with E-state index in [-0.39, 0.29) is 11.8 Å². The lowest BCUT2D eigenvalue weighted by atomic mass is 10.1. The summed E-state index contributed by atoms with van der Waals surface area (Å²) in [4.78, 5) is 29.1. The van der Waals surface area contributed by atoms with E-state index in [0.717, 1.165) is 32.6 Å². The quantitative estimate of drug-likeness (QED) is 0.580. The molecule has 9 nitrogen and oxygen atoms in total. The van der Waals surface area contributed by atoms with Crippen molar-refractivity contribution in [1.82, 2.24) is 30.3 Å². The highest BCUT2D eigenvalue weighted by Crippen LogP contribution is 2.20. The van der Waals surface area contributed by atoms with Crippen LogP contribution in [0.25, 0.3) is 11.4 Å². The van der Waals surface area contributed by atoms with Gasteiger partial charge in [-0.3, -0.25) is 9.69 Å². The number of aromatic nitrogens is 4. The van der Waals surface area contributed by atoms with Crippen LogP contribution in [-0.4, -0.2) is 69.7 Å². The highest BCUT2D eigenvalue weighted by Gasteiger charge is 2.23. The molecule has 1 N–H and O–H groups in total. The van der Waals surface area contributed by atoms with Gasteiger partial charge >= 0.3 is 11.8 Å². The van der Waals surface area contributed by atoms with E-state index < -0.39 is 0 Å². The van der Waals surface area contributed by atoms with Gasteiger partial charge in [0.2, 0.25) is 5.82 Å². The molecular formula is C22H27N7O2. The van der Waals surface area contributed by atoms with Crippen LogP contribution < -0.4 is 10.2 Å². The van der Waals surface area contributed by atoms with E-state index in [1.165, 1.54) is 17.6 Å². The summed E-state index contributed by atoms with van der Waals surface area (Å²) in [7, 11) is 0. The summed E-state index contributed by atoms with van der Waals surface area (Å²) in [6, 6.07) is 9.12. The van der Waals surface area contributed by atoms with Crippen LogP contribution in [0.5, 0.6) is 0 Å². The highest BCUT2D eigenvalue weighted by atomic mass is 16.5. The molecule has 1 aromatic carbocycles. The van der Waals surface area contributed by atoms with Crippen LogP contribution >= 0.6 is 0 Å². The molecule has 1 unspecified atom stereocenters. The van der Waals surface area contributed by atoms with E-state index in [1.54, 1.807) is 12.4 Å². The molecule has 0 spiro atoms. The Hall–Kier alpha value is -3.33. The van der Waals surface area contributed by atoms with E-state index in [9.17, 15) is 4.79 Å². The second-order valence-electron chi connectivity index (χ2n) is 7.83. The van der Waals surface area contributed by atoms with Crippen molar-refractivity contribution in [2.45, 2.75) is 26.3 Å². The van der Waals surface area contributed by atoms with Crippen molar-refractivity contribution in [1.29, 1.82) is 0 Å². The van der Waals surface area contributed by atoms with Crippen molar-refractivity contribution in [2.24, 2.45) is 0 Å². The van der Waals surface area contributed by atoms with Crippen LogP contribution in [0.2, 0.25) is 0 Å². The number of nitrogens with zero attached hydrogens (tertiary/aromatic N) is 6. The molecule has 3 heterocycles. The van der Waals surface area contributed by atoms with Crippen molar-refractivity contribution >= 4 is 11.6 Å². The maximum atomic E-state index is 12.3. The van der Waals surface area contributed by atoms with E-state index in [1.807, 2.05) is 0 Å². The molecule has 1 aliphatic heterocycles. The molecule has 0 radical (unpaired) electrons. The number of anilines is 1. The third-order valence-corrected chi connectivity index (χ3v) is 5.48. The van der Waals surface area contributed by atoms with Crippen molar-refractivity contribution < 1.29 is 9.32 Å². The Kier molecular flexibility index (Phi) is 6.51. The highest BCUT2D eigenvalue weighted by molar-refractivity contribution is 5.89. The molecule has 0 bridgehead atoms. The minimum absolute atomic E-state index is 0.0565. The largest absolute Gasteiger partial charge is 0.369 e. The zero-order valence-corrected chi connectivity index (χ0v) is 17.9. The molecule has 1 atom stereocenters. The Balaban J connectivity index is 1.21. The number of rotatable bonds is 7. The van der Waals surface area contributed by atoms with Crippen LogP contribution in [0.1, 0.15) is 29.6 Å². The van der Waals surface area contributed by atoms with Gasteiger partial charge in [-0.15, -0.1) is 0 Å². The maximum Gasteiger partial charge on any atom is 0.316 e. The lowest BCUT2D eigenvalue weighted by Gasteiger charge is -2.41. The lowest BCUT2D eigenvalue weighted by Crippen LogP contribution is -2.52. The molecular weight excluding hydrogens is 394 g/mol. The van der Waals surface area contributed by atoms with Gasteiger partial charge in [-0.05, 0) is 38.0 Å². The van der Waals surface area contributed by atoms with E-state index >= 15 is 0 Å².